The van der Waals surface area contributed by atoms with Gasteiger partial charge in [-0.15, -0.1) is 10.2 Å². The van der Waals surface area contributed by atoms with Gasteiger partial charge in [-0.3, -0.25) is 0 Å². The van der Waals surface area contributed by atoms with E-state index in [9.17, 15) is 4.79 Å². The average molecular weight is 305 g/mol. The molecule has 7 nitrogen and oxygen atoms in total. The number of nitrogens with one attached hydrogen (secondary N) is 1. The van der Waals surface area contributed by atoms with Gasteiger partial charge in [0.2, 0.25) is 5.82 Å². The Morgan fingerprint density at radius 2 is 1.61 bits per heavy atom. The van der Waals surface area contributed by atoms with Gasteiger partial charge in [-0.2, -0.15) is 0 Å². The summed E-state index contributed by atoms with van der Waals surface area (Å²) >= 11 is 0. The number of benzene rings is 2. The number of carbonyl (C=O) groups excluding carboxylic acids is 1. The van der Waals surface area contributed by atoms with Crippen LogP contribution in [0, 0.1) is 0 Å². The number of azo groups is 1. The summed E-state index contributed by atoms with van der Waals surface area (Å²) in [6, 6.07) is 18.7. The van der Waals surface area contributed by atoms with Crippen LogP contribution in [-0.2, 0) is 9.63 Å². The monoisotopic (exact) mass is 305 g/mol. The van der Waals surface area contributed by atoms with Gasteiger partial charge >= 0.3 is 5.97 Å². The van der Waals surface area contributed by atoms with Crippen molar-refractivity contribution in [3.63, 3.8) is 0 Å². The van der Waals surface area contributed by atoms with Crippen LogP contribution in [0.3, 0.4) is 0 Å². The van der Waals surface area contributed by atoms with E-state index in [1.807, 2.05) is 60.7 Å². The van der Waals surface area contributed by atoms with Gasteiger partial charge in [0.1, 0.15) is 0 Å². The van der Waals surface area contributed by atoms with E-state index < -0.39 is 5.97 Å². The topological polar surface area (TPSA) is 78.6 Å². The summed E-state index contributed by atoms with van der Waals surface area (Å²) in [4.78, 5) is 21.3. The molecule has 2 aliphatic rings. The van der Waals surface area contributed by atoms with Crippen molar-refractivity contribution in [3.05, 3.63) is 77.7 Å². The van der Waals surface area contributed by atoms with E-state index in [-0.39, 0.29) is 11.5 Å². The molecule has 0 unspecified atom stereocenters. The van der Waals surface area contributed by atoms with E-state index in [2.05, 4.69) is 20.8 Å². The highest BCUT2D eigenvalue weighted by Crippen LogP contribution is 2.27. The van der Waals surface area contributed by atoms with Gasteiger partial charge in [-0.05, 0) is 12.1 Å². The maximum Gasteiger partial charge on any atom is 0.380 e. The zero-order chi connectivity index (χ0) is 15.6. The first-order valence-corrected chi connectivity index (χ1v) is 6.95. The fourth-order valence-corrected chi connectivity index (χ4v) is 2.27. The van der Waals surface area contributed by atoms with Gasteiger partial charge < -0.3 is 4.84 Å². The molecule has 23 heavy (non-hydrogen) atoms. The summed E-state index contributed by atoms with van der Waals surface area (Å²) in [5.41, 5.74) is 4.33. The second kappa shape index (κ2) is 5.47. The van der Waals surface area contributed by atoms with Gasteiger partial charge in [0, 0.05) is 5.56 Å². The molecule has 1 N–H and O–H groups in total. The number of para-hydroxylation sites is 1. The minimum atomic E-state index is -0.555. The molecule has 0 saturated carbocycles. The molecule has 0 aliphatic carbocycles. The average Bonchev–Trinajstić information content (AvgIpc) is 3.23. The summed E-state index contributed by atoms with van der Waals surface area (Å²) in [7, 11) is 0. The standard InChI is InChI=1S/C16H11N5O2/c22-16-13(21(20-23-16)12-9-5-2-6-10-12)15-17-14(18-19-15)11-7-3-1-4-8-11/h1-10,20H. The fraction of sp³-hybridized carbons (Fsp3) is 0. The minimum absolute atomic E-state index is 0.200. The molecule has 0 radical (unpaired) electrons. The van der Waals surface area contributed by atoms with Crippen LogP contribution in [-0.4, -0.2) is 11.8 Å². The molecule has 2 aromatic carbocycles. The lowest BCUT2D eigenvalue weighted by Gasteiger charge is -2.14. The molecule has 2 aliphatic heterocycles. The Morgan fingerprint density at radius 1 is 0.913 bits per heavy atom. The molecule has 0 atom stereocenters. The van der Waals surface area contributed by atoms with Crippen LogP contribution in [0.1, 0.15) is 5.56 Å². The predicted octanol–water partition coefficient (Wildman–Crippen LogP) is 2.55. The Kier molecular flexibility index (Phi) is 3.17. The maximum atomic E-state index is 12.0. The number of amidine groups is 1. The molecule has 7 heteroatoms. The van der Waals surface area contributed by atoms with Gasteiger partial charge in [0.05, 0.1) is 5.69 Å². The molecule has 0 amide bonds. The molecule has 2 heterocycles. The van der Waals surface area contributed by atoms with E-state index in [1.54, 1.807) is 0 Å². The highest BCUT2D eigenvalue weighted by Gasteiger charge is 2.34. The molecule has 4 rings (SSSR count). The van der Waals surface area contributed by atoms with E-state index in [0.717, 1.165) is 11.3 Å². The lowest BCUT2D eigenvalue weighted by Crippen LogP contribution is -2.29. The van der Waals surface area contributed by atoms with E-state index in [4.69, 9.17) is 4.84 Å². The maximum absolute atomic E-state index is 12.0. The lowest BCUT2D eigenvalue weighted by molar-refractivity contribution is -0.140. The Bertz CT molecular complexity index is 843. The first-order valence-electron chi connectivity index (χ1n) is 6.95. The first kappa shape index (κ1) is 13.4. The third-order valence-electron chi connectivity index (χ3n) is 3.36. The van der Waals surface area contributed by atoms with Crippen molar-refractivity contribution < 1.29 is 9.63 Å². The Hall–Kier alpha value is -3.32. The molecule has 0 aromatic heterocycles. The number of anilines is 1. The van der Waals surface area contributed by atoms with Crippen LogP contribution in [0.15, 0.2) is 87.4 Å². The highest BCUT2D eigenvalue weighted by atomic mass is 16.7. The molecule has 1 fully saturated rings. The SMILES string of the molecule is O=C1ONN(c2ccccc2)C1=C1N=NC(c2ccccc2)=N1. The molecule has 112 valence electrons. The number of carbonyl (C=O) groups is 1. The molecule has 0 spiro atoms. The molecule has 1 saturated heterocycles. The Labute approximate surface area is 131 Å². The third kappa shape index (κ3) is 2.39. The zero-order valence-electron chi connectivity index (χ0n) is 11.9. The van der Waals surface area contributed by atoms with Crippen LogP contribution in [0.2, 0.25) is 0 Å². The van der Waals surface area contributed by atoms with Gasteiger partial charge in [-0.25, -0.2) is 14.8 Å². The van der Waals surface area contributed by atoms with Crippen molar-refractivity contribution >= 4 is 17.5 Å². The largest absolute Gasteiger partial charge is 0.380 e. The molecular weight excluding hydrogens is 294 g/mol. The van der Waals surface area contributed by atoms with E-state index >= 15 is 0 Å². The van der Waals surface area contributed by atoms with E-state index in [0.29, 0.717) is 5.84 Å². The van der Waals surface area contributed by atoms with Crippen molar-refractivity contribution in [3.8, 4) is 0 Å². The summed E-state index contributed by atoms with van der Waals surface area (Å²) in [6.07, 6.45) is 0. The normalized spacial score (nSPS) is 19.9. The van der Waals surface area contributed by atoms with Gasteiger partial charge in [0.15, 0.2) is 11.5 Å². The number of hydrogen-bond acceptors (Lipinski definition) is 7. The number of rotatable bonds is 2. The van der Waals surface area contributed by atoms with Crippen LogP contribution in [0.4, 0.5) is 5.69 Å². The summed E-state index contributed by atoms with van der Waals surface area (Å²) in [5.74, 6) is 0.115. The smallest absolute Gasteiger partial charge is 0.345 e. The second-order valence-electron chi connectivity index (χ2n) is 4.83. The highest BCUT2D eigenvalue weighted by molar-refractivity contribution is 6.02. The van der Waals surface area contributed by atoms with Gasteiger partial charge in [-0.1, -0.05) is 54.1 Å². The summed E-state index contributed by atoms with van der Waals surface area (Å²) in [5, 5.41) is 9.56. The van der Waals surface area contributed by atoms with Crippen molar-refractivity contribution in [2.24, 2.45) is 15.2 Å². The van der Waals surface area contributed by atoms with Crippen LogP contribution in [0.5, 0.6) is 0 Å². The number of aliphatic imine (C=N–C) groups is 1. The predicted molar refractivity (Wildman–Crippen MR) is 83.0 cm³/mol. The second-order valence-corrected chi connectivity index (χ2v) is 4.83. The molecule has 2 aromatic rings. The zero-order valence-corrected chi connectivity index (χ0v) is 11.9. The Balaban J connectivity index is 1.76. The fourth-order valence-electron chi connectivity index (χ4n) is 2.27. The van der Waals surface area contributed by atoms with E-state index in [1.165, 1.54) is 5.01 Å². The summed E-state index contributed by atoms with van der Waals surface area (Å²) < 4.78 is 0. The van der Waals surface area contributed by atoms with Crippen LogP contribution in [0.25, 0.3) is 0 Å². The summed E-state index contributed by atoms with van der Waals surface area (Å²) in [6.45, 7) is 0. The lowest BCUT2D eigenvalue weighted by atomic mass is 10.2. The molecular formula is C16H11N5O2. The van der Waals surface area contributed by atoms with Crippen molar-refractivity contribution in [2.75, 3.05) is 5.01 Å². The number of nitrogens with zero attached hydrogens (tertiary/aromatic N) is 4. The van der Waals surface area contributed by atoms with Crippen molar-refractivity contribution in [1.82, 2.24) is 5.59 Å². The van der Waals surface area contributed by atoms with Crippen LogP contribution >= 0.6 is 0 Å². The van der Waals surface area contributed by atoms with Crippen molar-refractivity contribution in [2.45, 2.75) is 0 Å². The van der Waals surface area contributed by atoms with Crippen LogP contribution < -0.4 is 10.6 Å². The van der Waals surface area contributed by atoms with Gasteiger partial charge in [0.25, 0.3) is 0 Å². The minimum Gasteiger partial charge on any atom is -0.345 e. The number of hydrogen-bond donors (Lipinski definition) is 1. The van der Waals surface area contributed by atoms with Crippen molar-refractivity contribution in [1.29, 1.82) is 0 Å². The third-order valence-corrected chi connectivity index (χ3v) is 3.36. The molecule has 0 bridgehead atoms. The number of hydrazine groups is 1. The Morgan fingerprint density at radius 3 is 2.35 bits per heavy atom. The quantitative estimate of drug-likeness (QED) is 0.865. The first-order chi connectivity index (χ1) is 11.3.